The molecule has 1 atom stereocenters. The van der Waals surface area contributed by atoms with Crippen molar-refractivity contribution in [3.63, 3.8) is 0 Å². The van der Waals surface area contributed by atoms with E-state index in [1.165, 1.54) is 0 Å². The lowest BCUT2D eigenvalue weighted by atomic mass is 9.97. The van der Waals surface area contributed by atoms with Crippen LogP contribution in [0.4, 0.5) is 0 Å². The largest absolute Gasteiger partial charge is 0.394 e. The fourth-order valence-corrected chi connectivity index (χ4v) is 1.95. The van der Waals surface area contributed by atoms with Crippen LogP contribution in [-0.2, 0) is 0 Å². The van der Waals surface area contributed by atoms with Gasteiger partial charge < -0.3 is 15.7 Å². The number of hydrogen-bond donors (Lipinski definition) is 2. The predicted molar refractivity (Wildman–Crippen MR) is 75.1 cm³/mol. The quantitative estimate of drug-likeness (QED) is 0.612. The summed E-state index contributed by atoms with van der Waals surface area (Å²) in [5.74, 6) is 0.717. The highest BCUT2D eigenvalue weighted by atomic mass is 16.3. The van der Waals surface area contributed by atoms with E-state index in [0.717, 1.165) is 38.3 Å². The molecular formula is C14H32N2O. The second kappa shape index (κ2) is 8.06. The lowest BCUT2D eigenvalue weighted by Crippen LogP contribution is -2.40. The number of nitrogens with zero attached hydrogens (tertiary/aromatic N) is 1. The van der Waals surface area contributed by atoms with Gasteiger partial charge in [-0.05, 0) is 46.1 Å². The summed E-state index contributed by atoms with van der Waals surface area (Å²) in [5.41, 5.74) is 5.51. The summed E-state index contributed by atoms with van der Waals surface area (Å²) in [4.78, 5) is 2.53. The minimum atomic E-state index is -0.402. The molecule has 0 aromatic rings. The summed E-state index contributed by atoms with van der Waals surface area (Å²) in [6.45, 7) is 13.3. The minimum absolute atomic E-state index is 0.0763. The van der Waals surface area contributed by atoms with E-state index in [1.807, 2.05) is 6.92 Å². The van der Waals surface area contributed by atoms with Gasteiger partial charge in [0.2, 0.25) is 0 Å². The number of rotatable bonds is 9. The van der Waals surface area contributed by atoms with Crippen LogP contribution >= 0.6 is 0 Å². The molecule has 3 nitrogen and oxygen atoms in total. The Kier molecular flexibility index (Phi) is 8.01. The third kappa shape index (κ3) is 8.58. The number of aliphatic hydroxyl groups is 1. The fourth-order valence-electron chi connectivity index (χ4n) is 1.95. The van der Waals surface area contributed by atoms with Crippen LogP contribution < -0.4 is 5.73 Å². The molecule has 0 rings (SSSR count). The number of aliphatic hydroxyl groups excluding tert-OH is 1. The van der Waals surface area contributed by atoms with Gasteiger partial charge in [0, 0.05) is 18.1 Å². The van der Waals surface area contributed by atoms with Crippen molar-refractivity contribution < 1.29 is 5.11 Å². The summed E-state index contributed by atoms with van der Waals surface area (Å²) in [6.07, 6.45) is 3.16. The predicted octanol–water partition coefficient (Wildman–Crippen LogP) is 2.23. The van der Waals surface area contributed by atoms with E-state index in [0.29, 0.717) is 6.04 Å². The molecule has 1 unspecified atom stereocenters. The lowest BCUT2D eigenvalue weighted by Gasteiger charge is -2.29. The van der Waals surface area contributed by atoms with E-state index in [2.05, 4.69) is 32.6 Å². The van der Waals surface area contributed by atoms with Crippen molar-refractivity contribution in [3.8, 4) is 0 Å². The molecule has 0 bridgehead atoms. The van der Waals surface area contributed by atoms with Crippen molar-refractivity contribution in [2.75, 3.05) is 19.7 Å². The van der Waals surface area contributed by atoms with Crippen molar-refractivity contribution in [2.45, 2.75) is 65.5 Å². The molecule has 0 aliphatic rings. The van der Waals surface area contributed by atoms with Crippen LogP contribution in [0.3, 0.4) is 0 Å². The zero-order valence-electron chi connectivity index (χ0n) is 12.4. The maximum absolute atomic E-state index is 9.07. The first kappa shape index (κ1) is 16.9. The van der Waals surface area contributed by atoms with Gasteiger partial charge in [0.15, 0.2) is 0 Å². The summed E-state index contributed by atoms with van der Waals surface area (Å²) < 4.78 is 0. The van der Waals surface area contributed by atoms with Gasteiger partial charge in [-0.25, -0.2) is 0 Å². The lowest BCUT2D eigenvalue weighted by molar-refractivity contribution is 0.179. The third-order valence-electron chi connectivity index (χ3n) is 3.13. The first-order valence-electron chi connectivity index (χ1n) is 6.92. The van der Waals surface area contributed by atoms with Gasteiger partial charge in [-0.1, -0.05) is 20.3 Å². The van der Waals surface area contributed by atoms with Crippen molar-refractivity contribution in [1.82, 2.24) is 4.90 Å². The van der Waals surface area contributed by atoms with Crippen LogP contribution in [-0.4, -0.2) is 41.3 Å². The van der Waals surface area contributed by atoms with Gasteiger partial charge in [-0.2, -0.15) is 0 Å². The van der Waals surface area contributed by atoms with Crippen LogP contribution in [0.5, 0.6) is 0 Å². The fraction of sp³-hybridized carbons (Fsp3) is 1.00. The van der Waals surface area contributed by atoms with Crippen LogP contribution in [0.25, 0.3) is 0 Å². The van der Waals surface area contributed by atoms with Crippen LogP contribution in [0.1, 0.15) is 53.9 Å². The molecule has 0 aromatic heterocycles. The van der Waals surface area contributed by atoms with Gasteiger partial charge in [0.25, 0.3) is 0 Å². The molecule has 0 heterocycles. The van der Waals surface area contributed by atoms with Gasteiger partial charge in [-0.3, -0.25) is 0 Å². The molecule has 0 amide bonds. The third-order valence-corrected chi connectivity index (χ3v) is 3.13. The number of nitrogens with two attached hydrogens (primary N) is 1. The molecule has 3 N–H and O–H groups in total. The molecule has 0 saturated heterocycles. The van der Waals surface area contributed by atoms with E-state index in [-0.39, 0.29) is 6.61 Å². The molecule has 0 spiro atoms. The Balaban J connectivity index is 3.83. The monoisotopic (exact) mass is 244 g/mol. The van der Waals surface area contributed by atoms with Crippen molar-refractivity contribution in [2.24, 2.45) is 11.7 Å². The van der Waals surface area contributed by atoms with Crippen LogP contribution in [0.15, 0.2) is 0 Å². The van der Waals surface area contributed by atoms with Gasteiger partial charge in [-0.15, -0.1) is 0 Å². The minimum Gasteiger partial charge on any atom is -0.394 e. The highest BCUT2D eigenvalue weighted by Crippen LogP contribution is 2.12. The Bertz CT molecular complexity index is 191. The van der Waals surface area contributed by atoms with Crippen molar-refractivity contribution >= 4 is 0 Å². The van der Waals surface area contributed by atoms with Crippen LogP contribution in [0.2, 0.25) is 0 Å². The first-order chi connectivity index (χ1) is 7.78. The molecule has 3 heteroatoms. The standard InChI is InChI=1S/C14H32N2O/c1-12(2)10-16(13(3)4)9-7-6-8-14(5,15)11-17/h12-13,17H,6-11,15H2,1-5H3. The van der Waals surface area contributed by atoms with Gasteiger partial charge >= 0.3 is 0 Å². The molecule has 0 radical (unpaired) electrons. The number of hydrogen-bond acceptors (Lipinski definition) is 3. The molecule has 104 valence electrons. The molecular weight excluding hydrogens is 212 g/mol. The van der Waals surface area contributed by atoms with E-state index in [4.69, 9.17) is 10.8 Å². The first-order valence-corrected chi connectivity index (χ1v) is 6.92. The Morgan fingerprint density at radius 3 is 2.18 bits per heavy atom. The Morgan fingerprint density at radius 1 is 1.18 bits per heavy atom. The Morgan fingerprint density at radius 2 is 1.76 bits per heavy atom. The summed E-state index contributed by atoms with van der Waals surface area (Å²) in [6, 6.07) is 0.611. The van der Waals surface area contributed by atoms with Crippen molar-refractivity contribution in [3.05, 3.63) is 0 Å². The van der Waals surface area contributed by atoms with Crippen molar-refractivity contribution in [1.29, 1.82) is 0 Å². The SMILES string of the molecule is CC(C)CN(CCCCC(C)(N)CO)C(C)C. The zero-order chi connectivity index (χ0) is 13.5. The molecule has 0 aromatic carbocycles. The summed E-state index contributed by atoms with van der Waals surface area (Å²) in [5, 5.41) is 9.07. The van der Waals surface area contributed by atoms with E-state index >= 15 is 0 Å². The summed E-state index contributed by atoms with van der Waals surface area (Å²) in [7, 11) is 0. The molecule has 17 heavy (non-hydrogen) atoms. The molecule has 0 aliphatic heterocycles. The zero-order valence-corrected chi connectivity index (χ0v) is 12.4. The summed E-state index contributed by atoms with van der Waals surface area (Å²) >= 11 is 0. The second-order valence-corrected chi connectivity index (χ2v) is 6.25. The normalized spacial score (nSPS) is 15.9. The maximum atomic E-state index is 9.07. The maximum Gasteiger partial charge on any atom is 0.0608 e. The average molecular weight is 244 g/mol. The smallest absolute Gasteiger partial charge is 0.0608 e. The van der Waals surface area contributed by atoms with Crippen LogP contribution in [0, 0.1) is 5.92 Å². The average Bonchev–Trinajstić information content (AvgIpc) is 2.21. The second-order valence-electron chi connectivity index (χ2n) is 6.25. The van der Waals surface area contributed by atoms with Gasteiger partial charge in [0.1, 0.15) is 0 Å². The number of unbranched alkanes of at least 4 members (excludes halogenated alkanes) is 1. The molecule has 0 saturated carbocycles. The highest BCUT2D eigenvalue weighted by Gasteiger charge is 2.16. The van der Waals surface area contributed by atoms with Gasteiger partial charge in [0.05, 0.1) is 6.61 Å². The molecule has 0 fully saturated rings. The topological polar surface area (TPSA) is 49.5 Å². The Labute approximate surface area is 107 Å². The highest BCUT2D eigenvalue weighted by molar-refractivity contribution is 4.77. The van der Waals surface area contributed by atoms with E-state index in [1.54, 1.807) is 0 Å². The van der Waals surface area contributed by atoms with E-state index in [9.17, 15) is 0 Å². The Hall–Kier alpha value is -0.120. The molecule has 0 aliphatic carbocycles. The van der Waals surface area contributed by atoms with E-state index < -0.39 is 5.54 Å².